The molecule has 1 heterocycles. The van der Waals surface area contributed by atoms with Gasteiger partial charge in [0.15, 0.2) is 0 Å². The monoisotopic (exact) mass is 325 g/mol. The Labute approximate surface area is 124 Å². The summed E-state index contributed by atoms with van der Waals surface area (Å²) in [6.45, 7) is 11.0. The largest absolute Gasteiger partial charge is 0.368 e. The van der Waals surface area contributed by atoms with Gasteiger partial charge < -0.3 is 10.6 Å². The highest BCUT2D eigenvalue weighted by Crippen LogP contribution is 2.30. The minimum atomic E-state index is 0.0620. The molecule has 2 unspecified atom stereocenters. The van der Waals surface area contributed by atoms with E-state index in [4.69, 9.17) is 5.73 Å². The summed E-state index contributed by atoms with van der Waals surface area (Å²) in [6, 6.07) is 7.11. The SMILES string of the molecule is CCN1CCN(c2ccc(Br)cc2C(C)N)CC1C. The van der Waals surface area contributed by atoms with Gasteiger partial charge in [0, 0.05) is 41.9 Å². The van der Waals surface area contributed by atoms with Crippen LogP contribution in [0.1, 0.15) is 32.4 Å². The highest BCUT2D eigenvalue weighted by molar-refractivity contribution is 9.10. The minimum Gasteiger partial charge on any atom is -0.368 e. The van der Waals surface area contributed by atoms with Crippen LogP contribution in [0.2, 0.25) is 0 Å². The van der Waals surface area contributed by atoms with Crippen LogP contribution >= 0.6 is 15.9 Å². The fourth-order valence-corrected chi connectivity index (χ4v) is 3.24. The lowest BCUT2D eigenvalue weighted by Gasteiger charge is -2.41. The standard InChI is InChI=1S/C15H24BrN3/c1-4-18-7-8-19(10-11(18)2)15-6-5-13(16)9-14(15)12(3)17/h5-6,9,11-12H,4,7-8,10,17H2,1-3H3. The molecule has 2 N–H and O–H groups in total. The van der Waals surface area contributed by atoms with Gasteiger partial charge >= 0.3 is 0 Å². The van der Waals surface area contributed by atoms with Gasteiger partial charge in [-0.1, -0.05) is 22.9 Å². The normalized spacial score (nSPS) is 22.6. The van der Waals surface area contributed by atoms with E-state index < -0.39 is 0 Å². The van der Waals surface area contributed by atoms with Crippen LogP contribution in [0.3, 0.4) is 0 Å². The van der Waals surface area contributed by atoms with Crippen molar-refractivity contribution >= 4 is 21.6 Å². The van der Waals surface area contributed by atoms with E-state index in [9.17, 15) is 0 Å². The molecule has 0 radical (unpaired) electrons. The first kappa shape index (κ1) is 14.8. The zero-order valence-corrected chi connectivity index (χ0v) is 13.7. The van der Waals surface area contributed by atoms with Crippen LogP contribution in [0, 0.1) is 0 Å². The molecule has 1 aliphatic heterocycles. The number of hydrogen-bond donors (Lipinski definition) is 1. The third kappa shape index (κ3) is 3.30. The second kappa shape index (κ2) is 6.25. The molecular weight excluding hydrogens is 302 g/mol. The lowest BCUT2D eigenvalue weighted by Crippen LogP contribution is -2.52. The van der Waals surface area contributed by atoms with Crippen molar-refractivity contribution in [3.8, 4) is 0 Å². The number of halogens is 1. The third-order valence-electron chi connectivity index (χ3n) is 3.99. The Morgan fingerprint density at radius 3 is 2.74 bits per heavy atom. The summed E-state index contributed by atoms with van der Waals surface area (Å²) in [7, 11) is 0. The molecule has 2 atom stereocenters. The van der Waals surface area contributed by atoms with Gasteiger partial charge in [-0.2, -0.15) is 0 Å². The highest BCUT2D eigenvalue weighted by atomic mass is 79.9. The van der Waals surface area contributed by atoms with E-state index in [1.165, 1.54) is 11.3 Å². The van der Waals surface area contributed by atoms with Crippen LogP contribution in [0.4, 0.5) is 5.69 Å². The quantitative estimate of drug-likeness (QED) is 0.927. The van der Waals surface area contributed by atoms with Crippen molar-refractivity contribution in [1.82, 2.24) is 4.90 Å². The molecule has 0 aliphatic carbocycles. The predicted octanol–water partition coefficient (Wildman–Crippen LogP) is 3.00. The van der Waals surface area contributed by atoms with Crippen molar-refractivity contribution in [2.75, 3.05) is 31.1 Å². The average Bonchev–Trinajstić information content (AvgIpc) is 2.38. The molecule has 3 nitrogen and oxygen atoms in total. The molecule has 106 valence electrons. The maximum atomic E-state index is 6.12. The number of rotatable bonds is 3. The van der Waals surface area contributed by atoms with E-state index in [1.807, 2.05) is 0 Å². The second-order valence-electron chi connectivity index (χ2n) is 5.42. The van der Waals surface area contributed by atoms with Crippen LogP contribution in [-0.4, -0.2) is 37.1 Å². The molecule has 0 aromatic heterocycles. The van der Waals surface area contributed by atoms with Gasteiger partial charge in [0.2, 0.25) is 0 Å². The first-order chi connectivity index (χ1) is 9.02. The van der Waals surface area contributed by atoms with Crippen molar-refractivity contribution < 1.29 is 0 Å². The molecule has 4 heteroatoms. The molecule has 1 saturated heterocycles. The summed E-state index contributed by atoms with van der Waals surface area (Å²) >= 11 is 3.54. The molecule has 2 rings (SSSR count). The van der Waals surface area contributed by atoms with Crippen LogP contribution in [0.15, 0.2) is 22.7 Å². The Balaban J connectivity index is 2.23. The second-order valence-corrected chi connectivity index (χ2v) is 6.33. The van der Waals surface area contributed by atoms with Gasteiger partial charge in [0.25, 0.3) is 0 Å². The predicted molar refractivity (Wildman–Crippen MR) is 85.7 cm³/mol. The zero-order valence-electron chi connectivity index (χ0n) is 12.1. The summed E-state index contributed by atoms with van der Waals surface area (Å²) in [5.74, 6) is 0. The van der Waals surface area contributed by atoms with Gasteiger partial charge in [0.05, 0.1) is 0 Å². The first-order valence-corrected chi connectivity index (χ1v) is 7.86. The Kier molecular flexibility index (Phi) is 4.87. The van der Waals surface area contributed by atoms with E-state index >= 15 is 0 Å². The van der Waals surface area contributed by atoms with Crippen molar-refractivity contribution in [3.63, 3.8) is 0 Å². The number of benzene rings is 1. The summed E-state index contributed by atoms with van der Waals surface area (Å²) in [4.78, 5) is 5.00. The van der Waals surface area contributed by atoms with Crippen LogP contribution in [0.5, 0.6) is 0 Å². The maximum absolute atomic E-state index is 6.12. The topological polar surface area (TPSA) is 32.5 Å². The Morgan fingerprint density at radius 1 is 1.42 bits per heavy atom. The van der Waals surface area contributed by atoms with Gasteiger partial charge in [-0.15, -0.1) is 0 Å². The van der Waals surface area contributed by atoms with Gasteiger partial charge in [-0.25, -0.2) is 0 Å². The fraction of sp³-hybridized carbons (Fsp3) is 0.600. The van der Waals surface area contributed by atoms with E-state index in [1.54, 1.807) is 0 Å². The fourth-order valence-electron chi connectivity index (χ4n) is 2.86. The van der Waals surface area contributed by atoms with Gasteiger partial charge in [0.1, 0.15) is 0 Å². The molecule has 1 aliphatic rings. The van der Waals surface area contributed by atoms with Crippen molar-refractivity contribution in [3.05, 3.63) is 28.2 Å². The van der Waals surface area contributed by atoms with E-state index in [0.29, 0.717) is 6.04 Å². The number of piperazine rings is 1. The van der Waals surface area contributed by atoms with Crippen molar-refractivity contribution in [1.29, 1.82) is 0 Å². The Hall–Kier alpha value is -0.580. The van der Waals surface area contributed by atoms with Gasteiger partial charge in [-0.3, -0.25) is 4.90 Å². The van der Waals surface area contributed by atoms with Gasteiger partial charge in [-0.05, 0) is 44.2 Å². The number of hydrogen-bond acceptors (Lipinski definition) is 3. The van der Waals surface area contributed by atoms with Crippen molar-refractivity contribution in [2.24, 2.45) is 5.73 Å². The third-order valence-corrected chi connectivity index (χ3v) is 4.49. The van der Waals surface area contributed by atoms with E-state index in [2.05, 4.69) is 64.7 Å². The molecule has 1 aromatic rings. The van der Waals surface area contributed by atoms with Crippen LogP contribution in [0.25, 0.3) is 0 Å². The molecule has 1 aromatic carbocycles. The lowest BCUT2D eigenvalue weighted by atomic mass is 10.0. The molecular formula is C15H24BrN3. The Bertz CT molecular complexity index is 433. The smallest absolute Gasteiger partial charge is 0.0416 e. The summed E-state index contributed by atoms with van der Waals surface area (Å²) in [5.41, 5.74) is 8.64. The Morgan fingerprint density at radius 2 is 2.16 bits per heavy atom. The molecule has 0 spiro atoms. The summed E-state index contributed by atoms with van der Waals surface area (Å²) in [6.07, 6.45) is 0. The molecule has 0 saturated carbocycles. The highest BCUT2D eigenvalue weighted by Gasteiger charge is 2.24. The number of likely N-dealkylation sites (N-methyl/N-ethyl adjacent to an activating group) is 1. The minimum absolute atomic E-state index is 0.0620. The summed E-state index contributed by atoms with van der Waals surface area (Å²) < 4.78 is 1.10. The molecule has 1 fully saturated rings. The zero-order chi connectivity index (χ0) is 14.0. The number of nitrogens with two attached hydrogens (primary N) is 1. The first-order valence-electron chi connectivity index (χ1n) is 7.07. The van der Waals surface area contributed by atoms with E-state index in [-0.39, 0.29) is 6.04 Å². The number of nitrogens with zero attached hydrogens (tertiary/aromatic N) is 2. The maximum Gasteiger partial charge on any atom is 0.0416 e. The molecule has 19 heavy (non-hydrogen) atoms. The number of anilines is 1. The molecule has 0 bridgehead atoms. The lowest BCUT2D eigenvalue weighted by molar-refractivity contribution is 0.199. The summed E-state index contributed by atoms with van der Waals surface area (Å²) in [5, 5.41) is 0. The van der Waals surface area contributed by atoms with Crippen LogP contribution in [-0.2, 0) is 0 Å². The van der Waals surface area contributed by atoms with Crippen molar-refractivity contribution in [2.45, 2.75) is 32.9 Å². The van der Waals surface area contributed by atoms with Crippen LogP contribution < -0.4 is 10.6 Å². The van der Waals surface area contributed by atoms with E-state index in [0.717, 1.165) is 30.7 Å². The average molecular weight is 326 g/mol. The molecule has 0 amide bonds.